The summed E-state index contributed by atoms with van der Waals surface area (Å²) in [6, 6.07) is 0. The first-order valence-corrected chi connectivity index (χ1v) is 6.63. The fourth-order valence-corrected chi connectivity index (χ4v) is 1.80. The standard InChI is InChI=1S/C13H19ClN4O2/c1-9-12(13(15)17-10(2)14)16-8-18(9)6-4-5-7-20-11(3)19/h8H,2,4-7H2,1,3H3,(H2,15,17). The highest BCUT2D eigenvalue weighted by Crippen LogP contribution is 2.09. The molecule has 0 unspecified atom stereocenters. The Morgan fingerprint density at radius 2 is 2.30 bits per heavy atom. The second-order valence-corrected chi connectivity index (χ2v) is 4.73. The van der Waals surface area contributed by atoms with Crippen molar-refractivity contribution in [2.45, 2.75) is 33.2 Å². The quantitative estimate of drug-likeness (QED) is 0.274. The van der Waals surface area contributed by atoms with E-state index < -0.39 is 0 Å². The van der Waals surface area contributed by atoms with Crippen LogP contribution in [0.3, 0.4) is 0 Å². The molecule has 0 aliphatic carbocycles. The van der Waals surface area contributed by atoms with Crippen molar-refractivity contribution in [3.63, 3.8) is 0 Å². The minimum atomic E-state index is -0.253. The number of aryl methyl sites for hydroxylation is 1. The molecule has 0 aliphatic heterocycles. The van der Waals surface area contributed by atoms with Crippen molar-refractivity contribution < 1.29 is 9.53 Å². The average molecular weight is 299 g/mol. The maximum absolute atomic E-state index is 10.6. The third-order valence-corrected chi connectivity index (χ3v) is 2.77. The summed E-state index contributed by atoms with van der Waals surface area (Å²) in [6.45, 7) is 7.98. The predicted octanol–water partition coefficient (Wildman–Crippen LogP) is 1.95. The van der Waals surface area contributed by atoms with Gasteiger partial charge in [0.05, 0.1) is 12.9 Å². The van der Waals surface area contributed by atoms with Crippen LogP contribution < -0.4 is 5.73 Å². The molecule has 0 fully saturated rings. The predicted molar refractivity (Wildman–Crippen MR) is 78.5 cm³/mol. The van der Waals surface area contributed by atoms with E-state index in [9.17, 15) is 4.79 Å². The lowest BCUT2D eigenvalue weighted by Gasteiger charge is -2.06. The first-order valence-electron chi connectivity index (χ1n) is 6.26. The molecule has 0 atom stereocenters. The van der Waals surface area contributed by atoms with E-state index in [2.05, 4.69) is 16.6 Å². The van der Waals surface area contributed by atoms with Crippen LogP contribution in [0.1, 0.15) is 31.2 Å². The Kier molecular flexibility index (Phi) is 6.24. The molecule has 1 rings (SSSR count). The molecule has 20 heavy (non-hydrogen) atoms. The van der Waals surface area contributed by atoms with E-state index in [1.54, 1.807) is 6.33 Å². The maximum atomic E-state index is 10.6. The van der Waals surface area contributed by atoms with Crippen LogP contribution >= 0.6 is 11.6 Å². The highest BCUT2D eigenvalue weighted by Gasteiger charge is 2.10. The topological polar surface area (TPSA) is 82.5 Å². The minimum Gasteiger partial charge on any atom is -0.466 e. The van der Waals surface area contributed by atoms with E-state index in [0.717, 1.165) is 25.1 Å². The number of aromatic nitrogens is 2. The second kappa shape index (κ2) is 7.69. The summed E-state index contributed by atoms with van der Waals surface area (Å²) in [5.74, 6) is -0.00227. The number of nitrogens with zero attached hydrogens (tertiary/aromatic N) is 3. The number of halogens is 1. The van der Waals surface area contributed by atoms with Gasteiger partial charge in [-0.2, -0.15) is 0 Å². The van der Waals surface area contributed by atoms with Crippen LogP contribution in [0.5, 0.6) is 0 Å². The lowest BCUT2D eigenvalue weighted by molar-refractivity contribution is -0.141. The van der Waals surface area contributed by atoms with Crippen LogP contribution in [0.2, 0.25) is 0 Å². The number of carbonyl (C=O) groups excluding carboxylic acids is 1. The minimum absolute atomic E-state index is 0.123. The molecular weight excluding hydrogens is 280 g/mol. The number of esters is 1. The Hall–Kier alpha value is -1.82. The van der Waals surface area contributed by atoms with E-state index in [1.807, 2.05) is 11.5 Å². The van der Waals surface area contributed by atoms with Gasteiger partial charge in [0.2, 0.25) is 0 Å². The van der Waals surface area contributed by atoms with Crippen LogP contribution in [0.4, 0.5) is 0 Å². The summed E-state index contributed by atoms with van der Waals surface area (Å²) >= 11 is 5.59. The van der Waals surface area contributed by atoms with Gasteiger partial charge in [-0.15, -0.1) is 0 Å². The van der Waals surface area contributed by atoms with Gasteiger partial charge in [-0.3, -0.25) is 4.79 Å². The maximum Gasteiger partial charge on any atom is 0.302 e. The van der Waals surface area contributed by atoms with Crippen LogP contribution in [0.25, 0.3) is 0 Å². The molecule has 0 aromatic carbocycles. The van der Waals surface area contributed by atoms with Crippen molar-refractivity contribution in [2.24, 2.45) is 10.7 Å². The first kappa shape index (κ1) is 16.2. The van der Waals surface area contributed by atoms with Crippen molar-refractivity contribution >= 4 is 23.4 Å². The monoisotopic (exact) mass is 298 g/mol. The highest BCUT2D eigenvalue weighted by atomic mass is 35.5. The Balaban J connectivity index is 2.55. The van der Waals surface area contributed by atoms with Crippen molar-refractivity contribution in [3.8, 4) is 0 Å². The highest BCUT2D eigenvalue weighted by molar-refractivity contribution is 6.29. The third kappa shape index (κ3) is 5.05. The molecule has 2 N–H and O–H groups in total. The van der Waals surface area contributed by atoms with Crippen LogP contribution in [0, 0.1) is 6.92 Å². The summed E-state index contributed by atoms with van der Waals surface area (Å²) < 4.78 is 6.84. The summed E-state index contributed by atoms with van der Waals surface area (Å²) in [5, 5.41) is 0.123. The van der Waals surface area contributed by atoms with Crippen LogP contribution in [-0.4, -0.2) is 28.0 Å². The molecule has 7 heteroatoms. The Morgan fingerprint density at radius 1 is 1.60 bits per heavy atom. The zero-order valence-corrected chi connectivity index (χ0v) is 12.5. The molecule has 1 heterocycles. The zero-order chi connectivity index (χ0) is 15.1. The van der Waals surface area contributed by atoms with E-state index in [-0.39, 0.29) is 17.0 Å². The number of nitrogens with two attached hydrogens (primary N) is 1. The Labute approximate surface area is 123 Å². The molecule has 1 aromatic heterocycles. The number of ether oxygens (including phenoxy) is 1. The number of hydrogen-bond donors (Lipinski definition) is 1. The van der Waals surface area contributed by atoms with E-state index >= 15 is 0 Å². The first-order chi connectivity index (χ1) is 9.41. The molecule has 0 amide bonds. The number of hydrogen-bond acceptors (Lipinski definition) is 4. The van der Waals surface area contributed by atoms with Crippen LogP contribution in [-0.2, 0) is 16.1 Å². The molecule has 1 aromatic rings. The van der Waals surface area contributed by atoms with E-state index in [0.29, 0.717) is 12.3 Å². The van der Waals surface area contributed by atoms with Gasteiger partial charge in [-0.1, -0.05) is 18.2 Å². The van der Waals surface area contributed by atoms with Gasteiger partial charge in [0, 0.05) is 19.2 Å². The lowest BCUT2D eigenvalue weighted by Crippen LogP contribution is -2.15. The van der Waals surface area contributed by atoms with Gasteiger partial charge >= 0.3 is 5.97 Å². The summed E-state index contributed by atoms with van der Waals surface area (Å²) in [6.07, 6.45) is 3.38. The number of imidazole rings is 1. The van der Waals surface area contributed by atoms with Gasteiger partial charge in [-0.05, 0) is 19.8 Å². The Bertz CT molecular complexity index is 522. The SMILES string of the molecule is C=C(Cl)/N=C(/N)c1ncn(CCCCOC(C)=O)c1C. The molecule has 0 saturated heterocycles. The fraction of sp³-hybridized carbons (Fsp3) is 0.462. The van der Waals surface area contributed by atoms with Crippen molar-refractivity contribution in [2.75, 3.05) is 6.61 Å². The molecule has 0 spiro atoms. The van der Waals surface area contributed by atoms with E-state index in [1.165, 1.54) is 6.92 Å². The molecule has 6 nitrogen and oxygen atoms in total. The number of amidine groups is 1. The average Bonchev–Trinajstić information content (AvgIpc) is 2.69. The van der Waals surface area contributed by atoms with Crippen molar-refractivity contribution in [1.29, 1.82) is 0 Å². The molecular formula is C13H19ClN4O2. The number of unbranched alkanes of at least 4 members (excludes halogenated alkanes) is 1. The zero-order valence-electron chi connectivity index (χ0n) is 11.7. The normalized spacial score (nSPS) is 11.4. The van der Waals surface area contributed by atoms with Crippen molar-refractivity contribution in [3.05, 3.63) is 29.5 Å². The Morgan fingerprint density at radius 3 is 2.90 bits per heavy atom. The van der Waals surface area contributed by atoms with E-state index in [4.69, 9.17) is 22.1 Å². The lowest BCUT2D eigenvalue weighted by atomic mass is 10.3. The molecule has 110 valence electrons. The molecule has 0 saturated carbocycles. The van der Waals surface area contributed by atoms with Gasteiger partial charge in [0.15, 0.2) is 5.84 Å². The summed E-state index contributed by atoms with van der Waals surface area (Å²) in [7, 11) is 0. The van der Waals surface area contributed by atoms with Gasteiger partial charge < -0.3 is 15.0 Å². The van der Waals surface area contributed by atoms with Crippen LogP contribution in [0.15, 0.2) is 23.1 Å². The van der Waals surface area contributed by atoms with Gasteiger partial charge in [0.25, 0.3) is 0 Å². The smallest absolute Gasteiger partial charge is 0.302 e. The number of rotatable bonds is 7. The number of aliphatic imine (C=N–C) groups is 1. The molecule has 0 radical (unpaired) electrons. The van der Waals surface area contributed by atoms with Crippen molar-refractivity contribution in [1.82, 2.24) is 9.55 Å². The molecule has 0 bridgehead atoms. The van der Waals surface area contributed by atoms with Gasteiger partial charge in [0.1, 0.15) is 10.9 Å². The molecule has 0 aliphatic rings. The third-order valence-electron chi connectivity index (χ3n) is 2.68. The number of carbonyl (C=O) groups is 1. The van der Waals surface area contributed by atoms with Gasteiger partial charge in [-0.25, -0.2) is 9.98 Å². The summed E-state index contributed by atoms with van der Waals surface area (Å²) in [4.78, 5) is 18.7. The largest absolute Gasteiger partial charge is 0.466 e. The fourth-order valence-electron chi connectivity index (χ4n) is 1.70. The summed E-state index contributed by atoms with van der Waals surface area (Å²) in [5.41, 5.74) is 7.31. The second-order valence-electron chi connectivity index (χ2n) is 4.29.